The van der Waals surface area contributed by atoms with E-state index in [9.17, 15) is 9.59 Å². The predicted octanol–water partition coefficient (Wildman–Crippen LogP) is 1.42. The Morgan fingerprint density at radius 2 is 2.19 bits per heavy atom. The fourth-order valence-electron chi connectivity index (χ4n) is 4.05. The van der Waals surface area contributed by atoms with Crippen LogP contribution >= 0.6 is 0 Å². The van der Waals surface area contributed by atoms with Gasteiger partial charge in [0, 0.05) is 62.5 Å². The van der Waals surface area contributed by atoms with Gasteiger partial charge in [0.05, 0.1) is 7.11 Å². The second-order valence-electron chi connectivity index (χ2n) is 7.34. The molecule has 2 aliphatic heterocycles. The number of pyridine rings is 1. The molecule has 2 saturated heterocycles. The molecular weight excluding hydrogens is 344 g/mol. The Balaban J connectivity index is 1.78. The molecule has 3 rings (SSSR count). The molecule has 146 valence electrons. The van der Waals surface area contributed by atoms with Crippen molar-refractivity contribution in [2.45, 2.75) is 24.8 Å². The Bertz CT molecular complexity index is 723. The van der Waals surface area contributed by atoms with Gasteiger partial charge in [-0.15, -0.1) is 6.58 Å². The maximum absolute atomic E-state index is 13.1. The number of methoxy groups -OCH3 is 1. The molecular formula is C20H28N4O3. The van der Waals surface area contributed by atoms with Crippen molar-refractivity contribution < 1.29 is 14.3 Å². The van der Waals surface area contributed by atoms with E-state index in [-0.39, 0.29) is 17.4 Å². The molecule has 0 aliphatic carbocycles. The van der Waals surface area contributed by atoms with Gasteiger partial charge in [0.15, 0.2) is 0 Å². The molecule has 0 aromatic carbocycles. The molecule has 3 heterocycles. The lowest BCUT2D eigenvalue weighted by Gasteiger charge is -2.49. The third-order valence-corrected chi connectivity index (χ3v) is 5.83. The molecule has 1 aromatic heterocycles. The highest BCUT2D eigenvalue weighted by atomic mass is 16.5. The van der Waals surface area contributed by atoms with Crippen molar-refractivity contribution >= 4 is 11.8 Å². The number of carbonyl (C=O) groups is 2. The van der Waals surface area contributed by atoms with Gasteiger partial charge in [-0.05, 0) is 26.0 Å². The van der Waals surface area contributed by atoms with Crippen LogP contribution in [0, 0.1) is 0 Å². The molecule has 0 N–H and O–H groups in total. The third-order valence-electron chi connectivity index (χ3n) is 5.83. The summed E-state index contributed by atoms with van der Waals surface area (Å²) in [6.07, 6.45) is 5.48. The zero-order valence-electron chi connectivity index (χ0n) is 16.2. The van der Waals surface area contributed by atoms with Gasteiger partial charge < -0.3 is 14.5 Å². The number of hydrogen-bond donors (Lipinski definition) is 0. The van der Waals surface area contributed by atoms with E-state index in [0.29, 0.717) is 44.0 Å². The van der Waals surface area contributed by atoms with Gasteiger partial charge >= 0.3 is 0 Å². The van der Waals surface area contributed by atoms with Crippen molar-refractivity contribution in [3.63, 3.8) is 0 Å². The predicted molar refractivity (Wildman–Crippen MR) is 103 cm³/mol. The average molecular weight is 372 g/mol. The Morgan fingerprint density at radius 3 is 2.93 bits per heavy atom. The van der Waals surface area contributed by atoms with E-state index in [4.69, 9.17) is 4.74 Å². The Morgan fingerprint density at radius 1 is 1.37 bits per heavy atom. The number of likely N-dealkylation sites (tertiary alicyclic amines) is 1. The van der Waals surface area contributed by atoms with E-state index in [2.05, 4.69) is 23.5 Å². The molecule has 2 aliphatic rings. The largest absolute Gasteiger partial charge is 0.481 e. The van der Waals surface area contributed by atoms with E-state index in [1.807, 2.05) is 9.80 Å². The summed E-state index contributed by atoms with van der Waals surface area (Å²) in [5, 5.41) is 0. The Hall–Kier alpha value is -2.41. The van der Waals surface area contributed by atoms with Crippen LogP contribution in [0.5, 0.6) is 5.88 Å². The van der Waals surface area contributed by atoms with Gasteiger partial charge in [-0.1, -0.05) is 6.08 Å². The summed E-state index contributed by atoms with van der Waals surface area (Å²) in [6, 6.07) is 3.40. The summed E-state index contributed by atoms with van der Waals surface area (Å²) < 4.78 is 5.14. The smallest absolute Gasteiger partial charge is 0.254 e. The summed E-state index contributed by atoms with van der Waals surface area (Å²) in [7, 11) is 3.64. The van der Waals surface area contributed by atoms with Crippen LogP contribution in [0.1, 0.15) is 29.6 Å². The number of likely N-dealkylation sites (N-methyl/N-ethyl adjacent to an activating group) is 1. The van der Waals surface area contributed by atoms with E-state index >= 15 is 0 Å². The fraction of sp³-hybridized carbons (Fsp3) is 0.550. The van der Waals surface area contributed by atoms with Crippen LogP contribution in [0.15, 0.2) is 31.0 Å². The molecule has 2 amide bonds. The fourth-order valence-corrected chi connectivity index (χ4v) is 4.05. The molecule has 0 saturated carbocycles. The second-order valence-corrected chi connectivity index (χ2v) is 7.34. The number of nitrogens with zero attached hydrogens (tertiary/aromatic N) is 4. The van der Waals surface area contributed by atoms with Gasteiger partial charge in [0.25, 0.3) is 5.91 Å². The molecule has 1 atom stereocenters. The lowest BCUT2D eigenvalue weighted by atomic mass is 9.86. The van der Waals surface area contributed by atoms with Crippen LogP contribution in [0.3, 0.4) is 0 Å². The van der Waals surface area contributed by atoms with Gasteiger partial charge in [0.1, 0.15) is 0 Å². The number of hydrogen-bond acceptors (Lipinski definition) is 5. The lowest BCUT2D eigenvalue weighted by molar-refractivity contribution is -0.130. The van der Waals surface area contributed by atoms with E-state index in [1.54, 1.807) is 31.5 Å². The Labute approximate surface area is 160 Å². The summed E-state index contributed by atoms with van der Waals surface area (Å²) in [5.74, 6) is 0.592. The minimum atomic E-state index is -0.170. The first-order valence-electron chi connectivity index (χ1n) is 9.38. The SMILES string of the molecule is C=CCN1CCC2(CCC1=O)CN(C(=O)c1ccnc(OC)c1)CCN2C. The highest BCUT2D eigenvalue weighted by Gasteiger charge is 2.43. The zero-order valence-corrected chi connectivity index (χ0v) is 16.2. The number of amides is 2. The van der Waals surface area contributed by atoms with Crippen molar-refractivity contribution in [3.05, 3.63) is 36.5 Å². The summed E-state index contributed by atoms with van der Waals surface area (Å²) in [6.45, 7) is 7.12. The summed E-state index contributed by atoms with van der Waals surface area (Å²) >= 11 is 0. The monoisotopic (exact) mass is 372 g/mol. The molecule has 7 heteroatoms. The third kappa shape index (κ3) is 3.98. The molecule has 1 unspecified atom stereocenters. The molecule has 27 heavy (non-hydrogen) atoms. The normalized spacial score (nSPS) is 24.0. The summed E-state index contributed by atoms with van der Waals surface area (Å²) in [4.78, 5) is 35.6. The van der Waals surface area contributed by atoms with E-state index in [0.717, 1.165) is 19.4 Å². The van der Waals surface area contributed by atoms with Gasteiger partial charge in [-0.2, -0.15) is 0 Å². The minimum absolute atomic E-state index is 0.0123. The van der Waals surface area contributed by atoms with Crippen LogP contribution in [0.4, 0.5) is 0 Å². The Kier molecular flexibility index (Phi) is 5.79. The highest BCUT2D eigenvalue weighted by molar-refractivity contribution is 5.94. The molecule has 2 fully saturated rings. The van der Waals surface area contributed by atoms with Gasteiger partial charge in [0.2, 0.25) is 11.8 Å². The van der Waals surface area contributed by atoms with Crippen LogP contribution in [-0.2, 0) is 4.79 Å². The topological polar surface area (TPSA) is 66.0 Å². The quantitative estimate of drug-likeness (QED) is 0.748. The van der Waals surface area contributed by atoms with Crippen LogP contribution < -0.4 is 4.74 Å². The second kappa shape index (κ2) is 8.08. The first kappa shape index (κ1) is 19.4. The van der Waals surface area contributed by atoms with Crippen LogP contribution in [-0.4, -0.2) is 83.9 Å². The first-order valence-corrected chi connectivity index (χ1v) is 9.38. The van der Waals surface area contributed by atoms with Crippen molar-refractivity contribution in [2.75, 3.05) is 46.9 Å². The number of rotatable bonds is 4. The van der Waals surface area contributed by atoms with Crippen molar-refractivity contribution in [1.82, 2.24) is 19.7 Å². The zero-order chi connectivity index (χ0) is 19.4. The van der Waals surface area contributed by atoms with Crippen molar-refractivity contribution in [3.8, 4) is 5.88 Å². The maximum atomic E-state index is 13.1. The van der Waals surface area contributed by atoms with Crippen molar-refractivity contribution in [1.29, 1.82) is 0 Å². The molecule has 0 bridgehead atoms. The maximum Gasteiger partial charge on any atom is 0.254 e. The highest BCUT2D eigenvalue weighted by Crippen LogP contribution is 2.32. The number of carbonyl (C=O) groups excluding carboxylic acids is 2. The molecule has 0 radical (unpaired) electrons. The minimum Gasteiger partial charge on any atom is -0.481 e. The number of aromatic nitrogens is 1. The number of ether oxygens (including phenoxy) is 1. The average Bonchev–Trinajstić information content (AvgIpc) is 2.84. The van der Waals surface area contributed by atoms with Crippen molar-refractivity contribution in [2.24, 2.45) is 0 Å². The van der Waals surface area contributed by atoms with E-state index in [1.165, 1.54) is 0 Å². The molecule has 1 spiro atoms. The van der Waals surface area contributed by atoms with Gasteiger partial charge in [-0.25, -0.2) is 4.98 Å². The molecule has 7 nitrogen and oxygen atoms in total. The summed E-state index contributed by atoms with van der Waals surface area (Å²) in [5.41, 5.74) is 0.413. The van der Waals surface area contributed by atoms with Crippen LogP contribution in [0.2, 0.25) is 0 Å². The van der Waals surface area contributed by atoms with Gasteiger partial charge in [-0.3, -0.25) is 14.5 Å². The standard InChI is InChI=1S/C20H28N4O3/c1-4-10-23-11-8-20(7-5-18(23)25)15-24(13-12-22(20)2)19(26)16-6-9-21-17(14-16)27-3/h4,6,9,14H,1,5,7-8,10-13,15H2,2-3H3. The lowest BCUT2D eigenvalue weighted by Crippen LogP contribution is -2.62. The molecule has 1 aromatic rings. The first-order chi connectivity index (χ1) is 13.0. The number of piperazine rings is 1. The van der Waals surface area contributed by atoms with Crippen LogP contribution in [0.25, 0.3) is 0 Å². The van der Waals surface area contributed by atoms with E-state index < -0.39 is 0 Å².